The summed E-state index contributed by atoms with van der Waals surface area (Å²) in [7, 11) is 0. The molecule has 1 atom stereocenters. The monoisotopic (exact) mass is 463 g/mol. The summed E-state index contributed by atoms with van der Waals surface area (Å²) in [4.78, 5) is 27.6. The van der Waals surface area contributed by atoms with E-state index in [0.717, 1.165) is 32.1 Å². The molecule has 34 heavy (non-hydrogen) atoms. The molecule has 7 nitrogen and oxygen atoms in total. The molecular formula is C27H33N3O4. The van der Waals surface area contributed by atoms with Gasteiger partial charge in [0, 0.05) is 36.8 Å². The van der Waals surface area contributed by atoms with Crippen molar-refractivity contribution >= 4 is 11.8 Å². The third kappa shape index (κ3) is 4.73. The molecule has 0 radical (unpaired) electrons. The van der Waals surface area contributed by atoms with Crippen LogP contribution in [0.2, 0.25) is 0 Å². The van der Waals surface area contributed by atoms with E-state index in [1.54, 1.807) is 24.3 Å². The molecule has 0 bridgehead atoms. The van der Waals surface area contributed by atoms with Crippen LogP contribution in [0.25, 0.3) is 0 Å². The van der Waals surface area contributed by atoms with E-state index in [1.165, 1.54) is 11.1 Å². The van der Waals surface area contributed by atoms with Crippen LogP contribution in [0.15, 0.2) is 48.5 Å². The molecular weight excluding hydrogens is 430 g/mol. The number of rotatable bonds is 7. The van der Waals surface area contributed by atoms with Crippen molar-refractivity contribution in [3.05, 3.63) is 70.8 Å². The fraction of sp³-hybridized carbons (Fsp3) is 0.481. The number of nitrogens with zero attached hydrogens (tertiary/aromatic N) is 1. The summed E-state index contributed by atoms with van der Waals surface area (Å²) in [6.45, 7) is 2.39. The molecule has 1 aliphatic heterocycles. The van der Waals surface area contributed by atoms with Crippen LogP contribution in [-0.4, -0.2) is 72.4 Å². The van der Waals surface area contributed by atoms with E-state index in [-0.39, 0.29) is 23.9 Å². The van der Waals surface area contributed by atoms with Gasteiger partial charge < -0.3 is 25.4 Å². The van der Waals surface area contributed by atoms with E-state index >= 15 is 0 Å². The average molecular weight is 464 g/mol. The number of fused-ring (bicyclic) bond motifs is 1. The predicted molar refractivity (Wildman–Crippen MR) is 129 cm³/mol. The Bertz CT molecular complexity index is 1010. The molecule has 1 saturated carbocycles. The standard InChI is InChI=1S/C27H33N3O4/c31-24(16-28-23-14-21-4-1-2-5-22(21)15-23)17-29-25(32)19-6-8-20(9-7-19)26(33)30-12-13-34-18-27(30)10-3-11-27/h1-2,4-9,23-24,28,31H,3,10-18H2,(H,29,32). The number of hydrogen-bond acceptors (Lipinski definition) is 5. The van der Waals surface area contributed by atoms with Gasteiger partial charge in [0.2, 0.25) is 0 Å². The molecule has 2 aromatic rings. The first-order valence-electron chi connectivity index (χ1n) is 12.3. The predicted octanol–water partition coefficient (Wildman–Crippen LogP) is 1.93. The number of aliphatic hydroxyl groups excluding tert-OH is 1. The van der Waals surface area contributed by atoms with Crippen molar-refractivity contribution < 1.29 is 19.4 Å². The van der Waals surface area contributed by atoms with Gasteiger partial charge in [0.05, 0.1) is 24.9 Å². The van der Waals surface area contributed by atoms with Crippen molar-refractivity contribution in [2.24, 2.45) is 0 Å². The van der Waals surface area contributed by atoms with Gasteiger partial charge in [-0.1, -0.05) is 24.3 Å². The molecule has 3 N–H and O–H groups in total. The molecule has 1 spiro atoms. The second kappa shape index (κ2) is 9.86. The van der Waals surface area contributed by atoms with E-state index in [0.29, 0.717) is 43.5 Å². The topological polar surface area (TPSA) is 90.9 Å². The molecule has 1 saturated heterocycles. The first-order valence-corrected chi connectivity index (χ1v) is 12.3. The number of aliphatic hydroxyl groups is 1. The third-order valence-electron chi connectivity index (χ3n) is 7.52. The van der Waals surface area contributed by atoms with Gasteiger partial charge in [-0.3, -0.25) is 9.59 Å². The zero-order valence-electron chi connectivity index (χ0n) is 19.5. The smallest absolute Gasteiger partial charge is 0.254 e. The highest BCUT2D eigenvalue weighted by molar-refractivity contribution is 5.98. The first-order chi connectivity index (χ1) is 16.5. The van der Waals surface area contributed by atoms with Crippen LogP contribution in [-0.2, 0) is 17.6 Å². The van der Waals surface area contributed by atoms with Gasteiger partial charge in [0.25, 0.3) is 11.8 Å². The van der Waals surface area contributed by atoms with E-state index in [2.05, 4.69) is 34.9 Å². The van der Waals surface area contributed by atoms with Crippen LogP contribution >= 0.6 is 0 Å². The maximum Gasteiger partial charge on any atom is 0.254 e. The lowest BCUT2D eigenvalue weighted by Gasteiger charge is -2.52. The Morgan fingerprint density at radius 3 is 2.35 bits per heavy atom. The summed E-state index contributed by atoms with van der Waals surface area (Å²) >= 11 is 0. The van der Waals surface area contributed by atoms with Gasteiger partial charge in [-0.15, -0.1) is 0 Å². The molecule has 1 unspecified atom stereocenters. The number of benzene rings is 2. The van der Waals surface area contributed by atoms with Crippen LogP contribution in [0.3, 0.4) is 0 Å². The number of ether oxygens (including phenoxy) is 1. The molecule has 2 fully saturated rings. The van der Waals surface area contributed by atoms with E-state index in [1.807, 2.05) is 4.90 Å². The number of carbonyl (C=O) groups excluding carboxylic acids is 2. The van der Waals surface area contributed by atoms with Crippen LogP contribution in [0.5, 0.6) is 0 Å². The quantitative estimate of drug-likeness (QED) is 0.584. The third-order valence-corrected chi connectivity index (χ3v) is 7.52. The largest absolute Gasteiger partial charge is 0.390 e. The molecule has 7 heteroatoms. The normalized spacial score (nSPS) is 20.0. The Morgan fingerprint density at radius 2 is 1.71 bits per heavy atom. The van der Waals surface area contributed by atoms with Crippen molar-refractivity contribution in [1.29, 1.82) is 0 Å². The molecule has 5 rings (SSSR count). The Labute approximate surface area is 200 Å². The van der Waals surface area contributed by atoms with Crippen LogP contribution < -0.4 is 10.6 Å². The van der Waals surface area contributed by atoms with E-state index < -0.39 is 6.10 Å². The summed E-state index contributed by atoms with van der Waals surface area (Å²) in [6, 6.07) is 15.5. The lowest BCUT2D eigenvalue weighted by molar-refractivity contribution is -0.0877. The number of carbonyl (C=O) groups is 2. The summed E-state index contributed by atoms with van der Waals surface area (Å²) < 4.78 is 5.63. The highest BCUT2D eigenvalue weighted by Gasteiger charge is 2.47. The maximum atomic E-state index is 13.1. The molecule has 180 valence electrons. The molecule has 2 aromatic carbocycles. The fourth-order valence-electron chi connectivity index (χ4n) is 5.36. The van der Waals surface area contributed by atoms with E-state index in [9.17, 15) is 14.7 Å². The Balaban J connectivity index is 1.08. The zero-order valence-corrected chi connectivity index (χ0v) is 19.5. The first kappa shape index (κ1) is 23.0. The summed E-state index contributed by atoms with van der Waals surface area (Å²) in [5, 5.41) is 16.5. The van der Waals surface area contributed by atoms with Crippen LogP contribution in [0.4, 0.5) is 0 Å². The van der Waals surface area contributed by atoms with Gasteiger partial charge in [-0.2, -0.15) is 0 Å². The highest BCUT2D eigenvalue weighted by atomic mass is 16.5. The molecule has 0 aromatic heterocycles. The van der Waals surface area contributed by atoms with Crippen molar-refractivity contribution in [2.45, 2.75) is 49.8 Å². The molecule has 2 amide bonds. The maximum absolute atomic E-state index is 13.1. The van der Waals surface area contributed by atoms with Gasteiger partial charge in [-0.25, -0.2) is 0 Å². The minimum absolute atomic E-state index is 0.00511. The van der Waals surface area contributed by atoms with Gasteiger partial charge in [-0.05, 0) is 67.5 Å². The van der Waals surface area contributed by atoms with Gasteiger partial charge >= 0.3 is 0 Å². The molecule has 2 aliphatic carbocycles. The van der Waals surface area contributed by atoms with Crippen molar-refractivity contribution in [3.63, 3.8) is 0 Å². The second-order valence-electron chi connectivity index (χ2n) is 9.81. The summed E-state index contributed by atoms with van der Waals surface area (Å²) in [6.07, 6.45) is 4.36. The Kier molecular flexibility index (Phi) is 6.68. The van der Waals surface area contributed by atoms with Crippen LogP contribution in [0, 0.1) is 0 Å². The van der Waals surface area contributed by atoms with Crippen molar-refractivity contribution in [2.75, 3.05) is 32.8 Å². The van der Waals surface area contributed by atoms with Gasteiger partial charge in [0.15, 0.2) is 0 Å². The minimum Gasteiger partial charge on any atom is -0.390 e. The SMILES string of the molecule is O=C(NCC(O)CNC1Cc2ccccc2C1)c1ccc(C(=O)N2CCOCC23CCC3)cc1. The van der Waals surface area contributed by atoms with Crippen molar-refractivity contribution in [1.82, 2.24) is 15.5 Å². The Morgan fingerprint density at radius 1 is 1.03 bits per heavy atom. The second-order valence-corrected chi connectivity index (χ2v) is 9.81. The lowest BCUT2D eigenvalue weighted by Crippen LogP contribution is -2.62. The number of nitrogens with one attached hydrogen (secondary N) is 2. The molecule has 1 heterocycles. The highest BCUT2D eigenvalue weighted by Crippen LogP contribution is 2.40. The van der Waals surface area contributed by atoms with E-state index in [4.69, 9.17) is 4.74 Å². The molecule has 3 aliphatic rings. The summed E-state index contributed by atoms with van der Waals surface area (Å²) in [5.41, 5.74) is 3.65. The van der Waals surface area contributed by atoms with Crippen LogP contribution in [0.1, 0.15) is 51.1 Å². The fourth-order valence-corrected chi connectivity index (χ4v) is 5.36. The number of amides is 2. The Hall–Kier alpha value is -2.74. The summed E-state index contributed by atoms with van der Waals surface area (Å²) in [5.74, 6) is -0.251. The lowest BCUT2D eigenvalue weighted by atomic mass is 9.75. The van der Waals surface area contributed by atoms with Crippen molar-refractivity contribution in [3.8, 4) is 0 Å². The number of hydrogen-bond donors (Lipinski definition) is 3. The zero-order chi connectivity index (χ0) is 23.5. The number of morpholine rings is 1. The van der Waals surface area contributed by atoms with Gasteiger partial charge in [0.1, 0.15) is 0 Å². The average Bonchev–Trinajstić information content (AvgIpc) is 3.28. The minimum atomic E-state index is -0.673.